The Hall–Kier alpha value is -3.15. The highest BCUT2D eigenvalue weighted by Gasteiger charge is 2.33. The molecule has 2 heterocycles. The van der Waals surface area contributed by atoms with E-state index in [9.17, 15) is 4.79 Å². The first kappa shape index (κ1) is 17.3. The summed E-state index contributed by atoms with van der Waals surface area (Å²) in [6, 6.07) is 18.1. The van der Waals surface area contributed by atoms with Gasteiger partial charge in [0.05, 0.1) is 18.9 Å². The van der Waals surface area contributed by atoms with Crippen molar-refractivity contribution in [3.63, 3.8) is 0 Å². The maximum absolute atomic E-state index is 11.9. The third-order valence-electron chi connectivity index (χ3n) is 5.09. The molecule has 0 unspecified atom stereocenters. The van der Waals surface area contributed by atoms with Gasteiger partial charge < -0.3 is 15.1 Å². The van der Waals surface area contributed by atoms with Crippen LogP contribution in [0.25, 0.3) is 0 Å². The van der Waals surface area contributed by atoms with Gasteiger partial charge in [-0.1, -0.05) is 48.5 Å². The molecule has 1 amide bonds. The van der Waals surface area contributed by atoms with Crippen molar-refractivity contribution in [3.05, 3.63) is 77.5 Å². The van der Waals surface area contributed by atoms with Crippen LogP contribution in [0.5, 0.6) is 0 Å². The number of carbonyl (C=O) groups is 1. The van der Waals surface area contributed by atoms with Crippen LogP contribution < -0.4 is 10.6 Å². The second-order valence-corrected chi connectivity index (χ2v) is 6.98. The summed E-state index contributed by atoms with van der Waals surface area (Å²) in [6.45, 7) is 2.60. The zero-order chi connectivity index (χ0) is 18.8. The van der Waals surface area contributed by atoms with E-state index in [2.05, 4.69) is 22.0 Å². The molecular weight excluding hydrogens is 340 g/mol. The lowest BCUT2D eigenvalue weighted by Crippen LogP contribution is -2.41. The van der Waals surface area contributed by atoms with Crippen LogP contribution in [0.4, 0.5) is 5.69 Å². The molecule has 3 aromatic rings. The maximum atomic E-state index is 11.9. The van der Waals surface area contributed by atoms with Crippen LogP contribution in [0.2, 0.25) is 0 Å². The monoisotopic (exact) mass is 362 g/mol. The SMILES string of the molecule is C[C@H]1C[C@@H](C(N)=O)c2ccccc2N1Cc1nnc(Cc2ccccc2)o1. The fourth-order valence-corrected chi connectivity index (χ4v) is 3.73. The van der Waals surface area contributed by atoms with Gasteiger partial charge in [-0.05, 0) is 30.5 Å². The van der Waals surface area contributed by atoms with E-state index >= 15 is 0 Å². The Bertz CT molecular complexity index is 938. The minimum atomic E-state index is -0.281. The van der Waals surface area contributed by atoms with Crippen LogP contribution in [0, 0.1) is 0 Å². The van der Waals surface area contributed by atoms with Crippen LogP contribution >= 0.6 is 0 Å². The van der Waals surface area contributed by atoms with Crippen molar-refractivity contribution in [2.75, 3.05) is 4.90 Å². The predicted octanol–water partition coefficient (Wildman–Crippen LogP) is 3.03. The van der Waals surface area contributed by atoms with Crippen LogP contribution in [-0.4, -0.2) is 22.1 Å². The Morgan fingerprint density at radius 1 is 1.11 bits per heavy atom. The summed E-state index contributed by atoms with van der Waals surface area (Å²) in [5.74, 6) is 0.630. The van der Waals surface area contributed by atoms with E-state index in [1.165, 1.54) is 0 Å². The summed E-state index contributed by atoms with van der Waals surface area (Å²) in [5.41, 5.74) is 8.72. The summed E-state index contributed by atoms with van der Waals surface area (Å²) < 4.78 is 5.87. The molecular formula is C21H22N4O2. The molecule has 6 heteroatoms. The highest BCUT2D eigenvalue weighted by atomic mass is 16.4. The third kappa shape index (κ3) is 3.56. The quantitative estimate of drug-likeness (QED) is 0.754. The molecule has 1 aliphatic rings. The molecule has 0 aliphatic carbocycles. The van der Waals surface area contributed by atoms with Crippen LogP contribution in [0.3, 0.4) is 0 Å². The molecule has 4 rings (SSSR count). The van der Waals surface area contributed by atoms with E-state index in [4.69, 9.17) is 10.2 Å². The average molecular weight is 362 g/mol. The molecule has 2 aromatic carbocycles. The highest BCUT2D eigenvalue weighted by Crippen LogP contribution is 2.38. The molecule has 2 N–H and O–H groups in total. The van der Waals surface area contributed by atoms with Gasteiger partial charge in [0.15, 0.2) is 0 Å². The van der Waals surface area contributed by atoms with Gasteiger partial charge in [-0.3, -0.25) is 4.79 Å². The standard InChI is InChI=1S/C21H22N4O2/c1-14-11-17(21(22)26)16-9-5-6-10-18(16)25(14)13-20-24-23-19(27-20)12-15-7-3-2-4-8-15/h2-10,14,17H,11-13H2,1H3,(H2,22,26)/t14-,17+/m0/s1. The van der Waals surface area contributed by atoms with Crippen molar-refractivity contribution >= 4 is 11.6 Å². The highest BCUT2D eigenvalue weighted by molar-refractivity contribution is 5.85. The molecule has 1 aliphatic heterocycles. The Morgan fingerprint density at radius 3 is 2.59 bits per heavy atom. The summed E-state index contributed by atoms with van der Waals surface area (Å²) in [4.78, 5) is 14.1. The molecule has 0 radical (unpaired) electrons. The molecule has 0 bridgehead atoms. The minimum absolute atomic E-state index is 0.141. The Kier molecular flexibility index (Phi) is 4.62. The maximum Gasteiger partial charge on any atom is 0.235 e. The Morgan fingerprint density at radius 2 is 1.81 bits per heavy atom. The number of fused-ring (bicyclic) bond motifs is 1. The van der Waals surface area contributed by atoms with E-state index in [1.54, 1.807) is 0 Å². The van der Waals surface area contributed by atoms with Crippen LogP contribution in [0.15, 0.2) is 59.0 Å². The van der Waals surface area contributed by atoms with Crippen molar-refractivity contribution in [2.24, 2.45) is 5.73 Å². The van der Waals surface area contributed by atoms with Gasteiger partial charge in [0, 0.05) is 11.7 Å². The third-order valence-corrected chi connectivity index (χ3v) is 5.09. The molecule has 0 saturated heterocycles. The van der Waals surface area contributed by atoms with Gasteiger partial charge >= 0.3 is 0 Å². The van der Waals surface area contributed by atoms with Crippen molar-refractivity contribution in [2.45, 2.75) is 38.3 Å². The van der Waals surface area contributed by atoms with E-state index < -0.39 is 0 Å². The summed E-state index contributed by atoms with van der Waals surface area (Å²) in [5, 5.41) is 8.40. The Balaban J connectivity index is 1.55. The van der Waals surface area contributed by atoms with E-state index in [0.717, 1.165) is 16.8 Å². The number of benzene rings is 2. The van der Waals surface area contributed by atoms with E-state index in [1.807, 2.05) is 54.6 Å². The lowest BCUT2D eigenvalue weighted by molar-refractivity contribution is -0.119. The number of hydrogen-bond acceptors (Lipinski definition) is 5. The largest absolute Gasteiger partial charge is 0.423 e. The first-order valence-corrected chi connectivity index (χ1v) is 9.12. The number of nitrogens with zero attached hydrogens (tertiary/aromatic N) is 3. The normalized spacial score (nSPS) is 18.9. The Labute approximate surface area is 158 Å². The lowest BCUT2D eigenvalue weighted by Gasteiger charge is -2.39. The van der Waals surface area contributed by atoms with Crippen molar-refractivity contribution in [1.29, 1.82) is 0 Å². The average Bonchev–Trinajstić information content (AvgIpc) is 3.11. The molecule has 0 fully saturated rings. The molecule has 27 heavy (non-hydrogen) atoms. The summed E-state index contributed by atoms with van der Waals surface area (Å²) >= 11 is 0. The second-order valence-electron chi connectivity index (χ2n) is 6.98. The fourth-order valence-electron chi connectivity index (χ4n) is 3.73. The zero-order valence-corrected chi connectivity index (χ0v) is 15.2. The van der Waals surface area contributed by atoms with Gasteiger partial charge in [0.25, 0.3) is 0 Å². The van der Waals surface area contributed by atoms with Gasteiger partial charge in [-0.2, -0.15) is 0 Å². The van der Waals surface area contributed by atoms with Crippen LogP contribution in [-0.2, 0) is 17.8 Å². The summed E-state index contributed by atoms with van der Waals surface area (Å²) in [7, 11) is 0. The van der Waals surface area contributed by atoms with E-state index in [-0.39, 0.29) is 17.9 Å². The number of amides is 1. The summed E-state index contributed by atoms with van der Waals surface area (Å²) in [6.07, 6.45) is 1.29. The van der Waals surface area contributed by atoms with Gasteiger partial charge in [0.1, 0.15) is 0 Å². The molecule has 138 valence electrons. The number of hydrogen-bond donors (Lipinski definition) is 1. The van der Waals surface area contributed by atoms with Crippen LogP contribution in [0.1, 0.15) is 42.2 Å². The predicted molar refractivity (Wildman–Crippen MR) is 102 cm³/mol. The number of primary amides is 1. The molecule has 0 saturated carbocycles. The smallest absolute Gasteiger partial charge is 0.235 e. The van der Waals surface area contributed by atoms with Gasteiger partial charge in [-0.15, -0.1) is 10.2 Å². The van der Waals surface area contributed by atoms with Crippen molar-refractivity contribution in [3.8, 4) is 0 Å². The first-order valence-electron chi connectivity index (χ1n) is 9.12. The minimum Gasteiger partial charge on any atom is -0.423 e. The molecule has 6 nitrogen and oxygen atoms in total. The zero-order valence-electron chi connectivity index (χ0n) is 15.2. The number of aromatic nitrogens is 2. The molecule has 2 atom stereocenters. The number of anilines is 1. The number of carbonyl (C=O) groups excluding carboxylic acids is 1. The number of nitrogens with two attached hydrogens (primary N) is 1. The molecule has 0 spiro atoms. The first-order chi connectivity index (χ1) is 13.1. The lowest BCUT2D eigenvalue weighted by atomic mass is 9.85. The topological polar surface area (TPSA) is 85.3 Å². The van der Waals surface area contributed by atoms with Gasteiger partial charge in [0.2, 0.25) is 17.7 Å². The fraction of sp³-hybridized carbons (Fsp3) is 0.286. The van der Waals surface area contributed by atoms with Gasteiger partial charge in [-0.25, -0.2) is 0 Å². The number of rotatable bonds is 5. The van der Waals surface area contributed by atoms with E-state index in [0.29, 0.717) is 31.2 Å². The van der Waals surface area contributed by atoms with Crippen molar-refractivity contribution in [1.82, 2.24) is 10.2 Å². The number of para-hydroxylation sites is 1. The second kappa shape index (κ2) is 7.23. The molecule has 1 aromatic heterocycles. The van der Waals surface area contributed by atoms with Crippen molar-refractivity contribution < 1.29 is 9.21 Å².